The monoisotopic (exact) mass is 444 g/mol. The first-order valence-corrected chi connectivity index (χ1v) is 10.0. The Balaban J connectivity index is 0.00000102. The molecule has 128 valence electrons. The number of nitrogens with zero attached hydrogens (tertiary/aromatic N) is 1. The Hall–Kier alpha value is -0.320. The predicted octanol–water partition coefficient (Wildman–Crippen LogP) is 3.52. The Bertz CT molecular complexity index is 384. The van der Waals surface area contributed by atoms with E-state index in [0.29, 0.717) is 19.6 Å². The van der Waals surface area contributed by atoms with Crippen molar-refractivity contribution in [3.63, 3.8) is 0 Å². The van der Waals surface area contributed by atoms with Crippen LogP contribution < -0.4 is 5.32 Å². The average Bonchev–Trinajstić information content (AvgIpc) is 2.78. The third-order valence-corrected chi connectivity index (χ3v) is 4.13. The van der Waals surface area contributed by atoms with E-state index in [9.17, 15) is 9.59 Å². The van der Waals surface area contributed by atoms with Crippen LogP contribution in [0.15, 0.2) is 12.7 Å². The molecule has 8 heteroatoms. The van der Waals surface area contributed by atoms with Crippen LogP contribution in [0, 0.1) is 5.92 Å². The minimum Gasteiger partial charge on any atom is -0.352 e. The number of rotatable bonds is 4. The lowest BCUT2D eigenvalue weighted by Crippen LogP contribution is -2.54. The molecule has 22 heavy (non-hydrogen) atoms. The van der Waals surface area contributed by atoms with Crippen LogP contribution in [0.3, 0.4) is 0 Å². The van der Waals surface area contributed by atoms with Gasteiger partial charge in [0.1, 0.15) is 6.23 Å². The Labute approximate surface area is 149 Å². The van der Waals surface area contributed by atoms with Gasteiger partial charge in [-0.05, 0) is 13.3 Å². The molecule has 0 saturated carbocycles. The van der Waals surface area contributed by atoms with Crippen LogP contribution in [0.4, 0.5) is 4.79 Å². The zero-order valence-corrected chi connectivity index (χ0v) is 15.2. The number of nitrogens with one attached hydrogen (secondary N) is 1. The van der Waals surface area contributed by atoms with Crippen molar-refractivity contribution in [3.05, 3.63) is 12.7 Å². The standard InChI is InChI=1S/C10H15IN2O4S.C3H6.CH4/c1-6-4-7(5-16-18-11)17-9(6)13-3-2-8(14)12-10(13)15;1-3-2;/h6-7,9H,2-5H2,1H3,(H,12,14,15);3H,1H2,2H3;1H4. The third-order valence-electron chi connectivity index (χ3n) is 3.15. The molecule has 0 spiro atoms. The Kier molecular flexibility index (Phi) is 11.1. The number of ether oxygens (including phenoxy) is 1. The Morgan fingerprint density at radius 3 is 2.77 bits per heavy atom. The van der Waals surface area contributed by atoms with Crippen molar-refractivity contribution in [2.24, 2.45) is 5.92 Å². The first-order chi connectivity index (χ1) is 10.0. The zero-order chi connectivity index (χ0) is 15.8. The predicted molar refractivity (Wildman–Crippen MR) is 97.5 cm³/mol. The molecule has 0 aromatic carbocycles. The molecule has 0 bridgehead atoms. The van der Waals surface area contributed by atoms with E-state index in [1.807, 2.05) is 13.8 Å². The fourth-order valence-electron chi connectivity index (χ4n) is 2.33. The molecule has 2 aliphatic heterocycles. The van der Waals surface area contributed by atoms with Gasteiger partial charge in [-0.1, -0.05) is 20.4 Å². The van der Waals surface area contributed by atoms with Crippen LogP contribution >= 0.6 is 30.4 Å². The maximum absolute atomic E-state index is 11.7. The SMILES string of the molecule is C.C=CC.CC1CC(COSI)OC1N1CCC(=O)NC1=O. The normalized spacial score (nSPS) is 27.4. The highest BCUT2D eigenvalue weighted by atomic mass is 127. The quantitative estimate of drug-likeness (QED) is 0.408. The summed E-state index contributed by atoms with van der Waals surface area (Å²) in [7, 11) is 1.28. The van der Waals surface area contributed by atoms with Gasteiger partial charge in [-0.3, -0.25) is 15.0 Å². The number of halogens is 1. The second-order valence-corrected chi connectivity index (χ2v) is 6.35. The van der Waals surface area contributed by atoms with Crippen LogP contribution in [-0.2, 0) is 13.7 Å². The molecule has 2 rings (SSSR count). The molecule has 1 N–H and O–H groups in total. The molecule has 6 nitrogen and oxygen atoms in total. The van der Waals surface area contributed by atoms with Crippen LogP contribution in [0.2, 0.25) is 0 Å². The Morgan fingerprint density at radius 2 is 2.23 bits per heavy atom. The van der Waals surface area contributed by atoms with Gasteiger partial charge in [0, 0.05) is 40.1 Å². The van der Waals surface area contributed by atoms with E-state index in [0.717, 1.165) is 6.42 Å². The van der Waals surface area contributed by atoms with Gasteiger partial charge in [-0.15, -0.1) is 6.58 Å². The number of allylic oxidation sites excluding steroid dienone is 1. The molecule has 2 heterocycles. The van der Waals surface area contributed by atoms with Gasteiger partial charge in [0.15, 0.2) is 0 Å². The minimum atomic E-state index is -0.354. The van der Waals surface area contributed by atoms with Crippen LogP contribution in [0.25, 0.3) is 0 Å². The lowest BCUT2D eigenvalue weighted by molar-refractivity contribution is -0.124. The molecule has 0 radical (unpaired) electrons. The van der Waals surface area contributed by atoms with E-state index in [4.69, 9.17) is 8.92 Å². The largest absolute Gasteiger partial charge is 0.352 e. The number of urea groups is 1. The minimum absolute atomic E-state index is 0. The number of carbonyl (C=O) groups excluding carboxylic acids is 2. The fraction of sp³-hybridized carbons (Fsp3) is 0.714. The number of hydrogen-bond acceptors (Lipinski definition) is 5. The van der Waals surface area contributed by atoms with Crippen LogP contribution in [0.5, 0.6) is 0 Å². The van der Waals surface area contributed by atoms with Crippen molar-refractivity contribution < 1.29 is 18.5 Å². The molecule has 2 aliphatic rings. The van der Waals surface area contributed by atoms with Crippen molar-refractivity contribution in [1.82, 2.24) is 10.2 Å². The van der Waals surface area contributed by atoms with Crippen molar-refractivity contribution in [1.29, 1.82) is 0 Å². The first-order valence-electron chi connectivity index (χ1n) is 6.76. The summed E-state index contributed by atoms with van der Waals surface area (Å²) >= 11 is 2.06. The molecule has 3 unspecified atom stereocenters. The molecule has 2 saturated heterocycles. The van der Waals surface area contributed by atoms with Crippen LogP contribution in [0.1, 0.15) is 34.1 Å². The zero-order valence-electron chi connectivity index (χ0n) is 12.2. The van der Waals surface area contributed by atoms with Gasteiger partial charge in [-0.25, -0.2) is 4.79 Å². The number of amides is 3. The summed E-state index contributed by atoms with van der Waals surface area (Å²) in [6, 6.07) is -0.354. The molecular formula is C14H25IN2O4S. The summed E-state index contributed by atoms with van der Waals surface area (Å²) in [6.07, 6.45) is 2.70. The number of hydrogen-bond donors (Lipinski definition) is 1. The van der Waals surface area contributed by atoms with Crippen LogP contribution in [-0.4, -0.2) is 42.3 Å². The average molecular weight is 444 g/mol. The van der Waals surface area contributed by atoms with E-state index in [1.165, 1.54) is 9.21 Å². The van der Waals surface area contributed by atoms with Gasteiger partial charge >= 0.3 is 6.03 Å². The van der Waals surface area contributed by atoms with Gasteiger partial charge in [0.2, 0.25) is 5.91 Å². The summed E-state index contributed by atoms with van der Waals surface area (Å²) in [4.78, 5) is 24.4. The van der Waals surface area contributed by atoms with Gasteiger partial charge in [0.05, 0.1) is 21.9 Å². The van der Waals surface area contributed by atoms with E-state index in [2.05, 4.69) is 33.1 Å². The van der Waals surface area contributed by atoms with Gasteiger partial charge < -0.3 is 8.92 Å². The first kappa shape index (κ1) is 21.7. The highest BCUT2D eigenvalue weighted by Gasteiger charge is 2.40. The second kappa shape index (κ2) is 11.3. The topological polar surface area (TPSA) is 67.9 Å². The van der Waals surface area contributed by atoms with Crippen molar-refractivity contribution in [3.8, 4) is 0 Å². The van der Waals surface area contributed by atoms with Crippen molar-refractivity contribution >= 4 is 42.4 Å². The lowest BCUT2D eigenvalue weighted by atomic mass is 10.1. The summed E-state index contributed by atoms with van der Waals surface area (Å²) < 4.78 is 11.1. The van der Waals surface area contributed by atoms with Gasteiger partial charge in [0.25, 0.3) is 0 Å². The lowest BCUT2D eigenvalue weighted by Gasteiger charge is -2.33. The van der Waals surface area contributed by atoms with E-state index in [-0.39, 0.29) is 37.6 Å². The van der Waals surface area contributed by atoms with E-state index in [1.54, 1.807) is 11.0 Å². The highest BCUT2D eigenvalue weighted by Crippen LogP contribution is 2.30. The second-order valence-electron chi connectivity index (χ2n) is 4.91. The summed E-state index contributed by atoms with van der Waals surface area (Å²) in [6.45, 7) is 8.24. The maximum atomic E-state index is 11.7. The number of carbonyl (C=O) groups is 2. The molecule has 0 aliphatic carbocycles. The molecule has 2 fully saturated rings. The van der Waals surface area contributed by atoms with Gasteiger partial charge in [-0.2, -0.15) is 0 Å². The molecule has 0 aromatic heterocycles. The Morgan fingerprint density at radius 1 is 1.59 bits per heavy atom. The van der Waals surface area contributed by atoms with Crippen molar-refractivity contribution in [2.75, 3.05) is 13.2 Å². The van der Waals surface area contributed by atoms with E-state index >= 15 is 0 Å². The fourth-order valence-corrected chi connectivity index (χ4v) is 2.97. The smallest absolute Gasteiger partial charge is 0.326 e. The molecular weight excluding hydrogens is 419 g/mol. The number of imide groups is 1. The summed E-state index contributed by atoms with van der Waals surface area (Å²) in [5, 5.41) is 2.32. The third kappa shape index (κ3) is 6.43. The summed E-state index contributed by atoms with van der Waals surface area (Å²) in [5.41, 5.74) is 0. The van der Waals surface area contributed by atoms with E-state index < -0.39 is 0 Å². The highest BCUT2D eigenvalue weighted by molar-refractivity contribution is 14.2. The summed E-state index contributed by atoms with van der Waals surface area (Å²) in [5.74, 6) is 0.0276. The molecule has 3 atom stereocenters. The maximum Gasteiger partial charge on any atom is 0.326 e. The molecule has 3 amide bonds. The molecule has 0 aromatic rings. The van der Waals surface area contributed by atoms with Crippen molar-refractivity contribution in [2.45, 2.75) is 46.4 Å².